The van der Waals surface area contributed by atoms with Gasteiger partial charge in [-0.3, -0.25) is 0 Å². The number of carbonyl (C=O) groups is 1. The number of aliphatic hydroxyl groups excluding tert-OH is 1. The Kier molecular flexibility index (Phi) is 1.93. The van der Waals surface area contributed by atoms with Crippen LogP contribution in [0, 0.1) is 0 Å². The SMILES string of the molecule is O=C(O)NC12CC(c3nc(C4CC(O)C4)no3)(C1)C2. The second-order valence-electron chi connectivity index (χ2n) is 6.30. The molecule has 4 aliphatic rings. The van der Waals surface area contributed by atoms with E-state index < -0.39 is 6.09 Å². The molecule has 0 spiro atoms. The fraction of sp³-hybridized carbons (Fsp3) is 0.750. The topological polar surface area (TPSA) is 108 Å². The lowest BCUT2D eigenvalue weighted by Crippen LogP contribution is -2.76. The molecule has 5 rings (SSSR count). The van der Waals surface area contributed by atoms with Crippen LogP contribution in [-0.2, 0) is 5.41 Å². The number of nitrogens with zero attached hydrogens (tertiary/aromatic N) is 2. The van der Waals surface area contributed by atoms with E-state index in [2.05, 4.69) is 15.5 Å². The molecule has 0 radical (unpaired) electrons. The molecule has 0 unspecified atom stereocenters. The summed E-state index contributed by atoms with van der Waals surface area (Å²) >= 11 is 0. The third-order valence-electron chi connectivity index (χ3n) is 4.78. The minimum Gasteiger partial charge on any atom is -0.465 e. The summed E-state index contributed by atoms with van der Waals surface area (Å²) in [5, 5.41) is 24.6. The smallest absolute Gasteiger partial charge is 0.405 e. The molecule has 1 amide bonds. The van der Waals surface area contributed by atoms with Crippen LogP contribution in [0.25, 0.3) is 0 Å². The number of rotatable bonds is 3. The average Bonchev–Trinajstić information content (AvgIpc) is 2.65. The highest BCUT2D eigenvalue weighted by Crippen LogP contribution is 2.67. The van der Waals surface area contributed by atoms with Crippen LogP contribution in [0.5, 0.6) is 0 Å². The summed E-state index contributed by atoms with van der Waals surface area (Å²) in [5.41, 5.74) is -0.358. The summed E-state index contributed by atoms with van der Waals surface area (Å²) in [7, 11) is 0. The van der Waals surface area contributed by atoms with Gasteiger partial charge in [-0.05, 0) is 32.1 Å². The van der Waals surface area contributed by atoms with Crippen molar-refractivity contribution in [2.75, 3.05) is 0 Å². The molecule has 4 saturated carbocycles. The van der Waals surface area contributed by atoms with Crippen LogP contribution in [0.4, 0.5) is 4.79 Å². The van der Waals surface area contributed by atoms with Crippen LogP contribution < -0.4 is 5.32 Å². The molecule has 1 aromatic rings. The normalized spacial score (nSPS) is 42.8. The van der Waals surface area contributed by atoms with E-state index in [1.54, 1.807) is 0 Å². The predicted molar refractivity (Wildman–Crippen MR) is 61.7 cm³/mol. The molecule has 3 N–H and O–H groups in total. The molecular formula is C12H15N3O4. The Bertz CT molecular complexity index is 529. The number of carboxylic acid groups (broad SMARTS) is 1. The average molecular weight is 265 g/mol. The standard InChI is InChI=1S/C12H15N3O4/c16-7-1-6(2-7)8-13-9(19-15-8)11-3-12(4-11,5-11)14-10(17)18/h6-7,14,16H,1-5H2,(H,17,18). The highest BCUT2D eigenvalue weighted by Gasteiger charge is 2.72. The summed E-state index contributed by atoms with van der Waals surface area (Å²) in [6, 6.07) is 0. The van der Waals surface area contributed by atoms with Crippen LogP contribution in [0.1, 0.15) is 49.7 Å². The lowest BCUT2D eigenvalue weighted by atomic mass is 9.39. The van der Waals surface area contributed by atoms with Gasteiger partial charge in [-0.25, -0.2) is 4.79 Å². The molecular weight excluding hydrogens is 250 g/mol. The highest BCUT2D eigenvalue weighted by molar-refractivity contribution is 5.67. The summed E-state index contributed by atoms with van der Waals surface area (Å²) < 4.78 is 5.33. The fourth-order valence-corrected chi connectivity index (χ4v) is 3.79. The van der Waals surface area contributed by atoms with Crippen LogP contribution >= 0.6 is 0 Å². The molecule has 7 heteroatoms. The van der Waals surface area contributed by atoms with E-state index in [0.29, 0.717) is 24.6 Å². The Hall–Kier alpha value is -1.63. The molecule has 19 heavy (non-hydrogen) atoms. The van der Waals surface area contributed by atoms with Crippen LogP contribution in [0.2, 0.25) is 0 Å². The van der Waals surface area contributed by atoms with Gasteiger partial charge in [0.05, 0.1) is 11.5 Å². The first-order valence-electron chi connectivity index (χ1n) is 6.54. The molecule has 0 atom stereocenters. The quantitative estimate of drug-likeness (QED) is 0.744. The van der Waals surface area contributed by atoms with Gasteiger partial charge in [-0.15, -0.1) is 0 Å². The molecule has 0 aliphatic heterocycles. The van der Waals surface area contributed by atoms with Crippen molar-refractivity contribution in [2.45, 2.75) is 55.1 Å². The second-order valence-corrected chi connectivity index (χ2v) is 6.30. The van der Waals surface area contributed by atoms with Gasteiger partial charge in [0.15, 0.2) is 5.82 Å². The molecule has 7 nitrogen and oxygen atoms in total. The van der Waals surface area contributed by atoms with Crippen molar-refractivity contribution in [1.82, 2.24) is 15.5 Å². The highest BCUT2D eigenvalue weighted by atomic mass is 16.5. The fourth-order valence-electron chi connectivity index (χ4n) is 3.79. The minimum atomic E-state index is -0.969. The number of hydrogen-bond acceptors (Lipinski definition) is 5. The lowest BCUT2D eigenvalue weighted by Gasteiger charge is -2.68. The summed E-state index contributed by atoms with van der Waals surface area (Å²) in [4.78, 5) is 15.1. The maximum absolute atomic E-state index is 10.7. The van der Waals surface area contributed by atoms with Crippen molar-refractivity contribution < 1.29 is 19.5 Å². The van der Waals surface area contributed by atoms with E-state index in [9.17, 15) is 9.90 Å². The van der Waals surface area contributed by atoms with E-state index in [1.807, 2.05) is 0 Å². The third-order valence-corrected chi connectivity index (χ3v) is 4.78. The van der Waals surface area contributed by atoms with Gasteiger partial charge in [0.1, 0.15) is 0 Å². The van der Waals surface area contributed by atoms with E-state index in [4.69, 9.17) is 9.63 Å². The lowest BCUT2D eigenvalue weighted by molar-refractivity contribution is -0.0998. The zero-order valence-electron chi connectivity index (χ0n) is 10.3. The van der Waals surface area contributed by atoms with Crippen LogP contribution in [0.15, 0.2) is 4.52 Å². The van der Waals surface area contributed by atoms with Gasteiger partial charge >= 0.3 is 6.09 Å². The van der Waals surface area contributed by atoms with E-state index >= 15 is 0 Å². The van der Waals surface area contributed by atoms with Crippen LogP contribution in [0.3, 0.4) is 0 Å². The first-order valence-corrected chi connectivity index (χ1v) is 6.54. The Labute approximate surface area is 109 Å². The van der Waals surface area contributed by atoms with Crippen molar-refractivity contribution in [1.29, 1.82) is 0 Å². The molecule has 1 heterocycles. The van der Waals surface area contributed by atoms with Crippen molar-refractivity contribution in [2.24, 2.45) is 0 Å². The first kappa shape index (κ1) is 11.2. The number of aromatic nitrogens is 2. The van der Waals surface area contributed by atoms with Crippen molar-refractivity contribution in [3.05, 3.63) is 11.7 Å². The Morgan fingerprint density at radius 3 is 2.63 bits per heavy atom. The summed E-state index contributed by atoms with van der Waals surface area (Å²) in [6.07, 6.45) is 2.46. The van der Waals surface area contributed by atoms with Gasteiger partial charge in [0, 0.05) is 11.5 Å². The second kappa shape index (κ2) is 3.27. The zero-order chi connectivity index (χ0) is 13.3. The van der Waals surface area contributed by atoms with E-state index in [1.165, 1.54) is 0 Å². The molecule has 2 bridgehead atoms. The molecule has 4 aliphatic carbocycles. The number of nitrogens with one attached hydrogen (secondary N) is 1. The van der Waals surface area contributed by atoms with E-state index in [0.717, 1.165) is 19.3 Å². The summed E-state index contributed by atoms with van der Waals surface area (Å²) in [5.74, 6) is 1.54. The Morgan fingerprint density at radius 2 is 2.05 bits per heavy atom. The minimum absolute atomic E-state index is 0.101. The molecule has 4 fully saturated rings. The maximum atomic E-state index is 10.7. The zero-order valence-corrected chi connectivity index (χ0v) is 10.3. The van der Waals surface area contributed by atoms with Crippen molar-refractivity contribution in [3.8, 4) is 0 Å². The predicted octanol–water partition coefficient (Wildman–Crippen LogP) is 0.750. The monoisotopic (exact) mass is 265 g/mol. The van der Waals surface area contributed by atoms with Gasteiger partial charge in [-0.2, -0.15) is 4.98 Å². The number of aliphatic hydroxyl groups is 1. The Balaban J connectivity index is 1.44. The third kappa shape index (κ3) is 1.44. The number of hydrogen-bond donors (Lipinski definition) is 3. The van der Waals surface area contributed by atoms with Gasteiger partial charge < -0.3 is 20.1 Å². The van der Waals surface area contributed by atoms with Gasteiger partial charge in [-0.1, -0.05) is 5.16 Å². The van der Waals surface area contributed by atoms with Crippen molar-refractivity contribution in [3.63, 3.8) is 0 Å². The molecule has 102 valence electrons. The molecule has 1 aromatic heterocycles. The number of amides is 1. The Morgan fingerprint density at radius 1 is 1.37 bits per heavy atom. The van der Waals surface area contributed by atoms with Gasteiger partial charge in [0.25, 0.3) is 0 Å². The summed E-state index contributed by atoms with van der Waals surface area (Å²) in [6.45, 7) is 0. The first-order chi connectivity index (χ1) is 9.00. The molecule has 0 saturated heterocycles. The van der Waals surface area contributed by atoms with E-state index in [-0.39, 0.29) is 23.0 Å². The van der Waals surface area contributed by atoms with Gasteiger partial charge in [0.2, 0.25) is 5.89 Å². The largest absolute Gasteiger partial charge is 0.465 e. The maximum Gasteiger partial charge on any atom is 0.405 e. The molecule has 0 aromatic carbocycles. The van der Waals surface area contributed by atoms with Crippen molar-refractivity contribution >= 4 is 6.09 Å². The van der Waals surface area contributed by atoms with Crippen LogP contribution in [-0.4, -0.2) is 38.1 Å².